The molecule has 0 unspecified atom stereocenters. The van der Waals surface area contributed by atoms with E-state index in [1.54, 1.807) is 0 Å². The van der Waals surface area contributed by atoms with Gasteiger partial charge in [0.25, 0.3) is 0 Å². The molecular weight excluding hydrogens is 703 g/mol. The zero-order valence-electron chi connectivity index (χ0n) is 31.7. The Labute approximate surface area is 337 Å². The largest absolute Gasteiger partial charge is 0.456 e. The van der Waals surface area contributed by atoms with Gasteiger partial charge in [0.15, 0.2) is 0 Å². The molecule has 0 N–H and O–H groups in total. The third-order valence-corrected chi connectivity index (χ3v) is 11.4. The van der Waals surface area contributed by atoms with Crippen molar-refractivity contribution in [2.24, 2.45) is 0 Å². The monoisotopic (exact) mass is 739 g/mol. The van der Waals surface area contributed by atoms with Crippen LogP contribution < -0.4 is 4.90 Å². The van der Waals surface area contributed by atoms with Crippen LogP contribution in [0.1, 0.15) is 0 Å². The SMILES string of the molecule is c1ccc(-c2ccc(N(c3ccc(-c4ccc5c(c4)c(-c4ccc6ccccc6c4)cc4oc6ccccc6c45)cc3)c3cccc(-c4ccccc4)c3)cc2)cc1. The van der Waals surface area contributed by atoms with E-state index in [9.17, 15) is 0 Å². The van der Waals surface area contributed by atoms with Crippen LogP contribution in [0.2, 0.25) is 0 Å². The average molecular weight is 740 g/mol. The van der Waals surface area contributed by atoms with Crippen molar-refractivity contribution >= 4 is 60.5 Å². The second-order valence-corrected chi connectivity index (χ2v) is 14.9. The number of rotatable bonds is 7. The fourth-order valence-electron chi connectivity index (χ4n) is 8.55. The lowest BCUT2D eigenvalue weighted by Gasteiger charge is -2.26. The van der Waals surface area contributed by atoms with E-state index >= 15 is 0 Å². The number of para-hydroxylation sites is 1. The molecule has 0 aliphatic heterocycles. The highest BCUT2D eigenvalue weighted by atomic mass is 16.3. The lowest BCUT2D eigenvalue weighted by Crippen LogP contribution is -2.10. The minimum atomic E-state index is 0.905. The van der Waals surface area contributed by atoms with Gasteiger partial charge in [0, 0.05) is 27.8 Å². The van der Waals surface area contributed by atoms with E-state index in [0.717, 1.165) is 55.7 Å². The Kier molecular flexibility index (Phi) is 8.19. The summed E-state index contributed by atoms with van der Waals surface area (Å²) in [6.45, 7) is 0. The first kappa shape index (κ1) is 33.6. The van der Waals surface area contributed by atoms with Crippen molar-refractivity contribution in [2.45, 2.75) is 0 Å². The predicted octanol–water partition coefficient (Wildman–Crippen LogP) is 16.0. The van der Waals surface area contributed by atoms with Crippen molar-refractivity contribution in [2.75, 3.05) is 4.90 Å². The topological polar surface area (TPSA) is 16.4 Å². The van der Waals surface area contributed by atoms with Gasteiger partial charge in [0.2, 0.25) is 0 Å². The summed E-state index contributed by atoms with van der Waals surface area (Å²) in [5, 5.41) is 7.14. The maximum absolute atomic E-state index is 6.49. The fourth-order valence-corrected chi connectivity index (χ4v) is 8.55. The highest BCUT2D eigenvalue weighted by Gasteiger charge is 2.18. The fraction of sp³-hybridized carbons (Fsp3) is 0. The third kappa shape index (κ3) is 6.00. The van der Waals surface area contributed by atoms with Crippen molar-refractivity contribution in [3.8, 4) is 44.5 Å². The lowest BCUT2D eigenvalue weighted by atomic mass is 9.91. The molecule has 2 heteroatoms. The van der Waals surface area contributed by atoms with Crippen molar-refractivity contribution in [3.63, 3.8) is 0 Å². The van der Waals surface area contributed by atoms with Crippen molar-refractivity contribution < 1.29 is 4.42 Å². The van der Waals surface area contributed by atoms with Gasteiger partial charge in [-0.1, -0.05) is 164 Å². The van der Waals surface area contributed by atoms with Crippen LogP contribution in [0.3, 0.4) is 0 Å². The maximum Gasteiger partial charge on any atom is 0.136 e. The minimum Gasteiger partial charge on any atom is -0.456 e. The van der Waals surface area contributed by atoms with Crippen LogP contribution in [0.5, 0.6) is 0 Å². The Morgan fingerprint density at radius 3 is 1.57 bits per heavy atom. The predicted molar refractivity (Wildman–Crippen MR) is 245 cm³/mol. The molecule has 11 rings (SSSR count). The summed E-state index contributed by atoms with van der Waals surface area (Å²) >= 11 is 0. The highest BCUT2D eigenvalue weighted by molar-refractivity contribution is 6.22. The van der Waals surface area contributed by atoms with Gasteiger partial charge >= 0.3 is 0 Å². The van der Waals surface area contributed by atoms with Gasteiger partial charge in [0.05, 0.1) is 0 Å². The average Bonchev–Trinajstić information content (AvgIpc) is 3.68. The Morgan fingerprint density at radius 2 is 0.828 bits per heavy atom. The molecule has 0 saturated carbocycles. The van der Waals surface area contributed by atoms with Crippen LogP contribution in [0.15, 0.2) is 229 Å². The molecule has 58 heavy (non-hydrogen) atoms. The molecule has 2 nitrogen and oxygen atoms in total. The van der Waals surface area contributed by atoms with Crippen molar-refractivity contribution in [1.82, 2.24) is 0 Å². The summed E-state index contributed by atoms with van der Waals surface area (Å²) < 4.78 is 6.49. The summed E-state index contributed by atoms with van der Waals surface area (Å²) in [5.41, 5.74) is 14.5. The zero-order chi connectivity index (χ0) is 38.4. The molecule has 10 aromatic carbocycles. The van der Waals surface area contributed by atoms with E-state index in [1.807, 2.05) is 6.07 Å². The zero-order valence-corrected chi connectivity index (χ0v) is 31.7. The van der Waals surface area contributed by atoms with E-state index in [1.165, 1.54) is 49.4 Å². The number of anilines is 3. The van der Waals surface area contributed by atoms with Crippen LogP contribution >= 0.6 is 0 Å². The molecule has 0 aliphatic rings. The van der Waals surface area contributed by atoms with Gasteiger partial charge in [-0.3, -0.25) is 0 Å². The molecule has 0 radical (unpaired) electrons. The number of nitrogens with zero attached hydrogens (tertiary/aromatic N) is 1. The Hall–Kier alpha value is -7.68. The number of furan rings is 1. The van der Waals surface area contributed by atoms with Crippen LogP contribution in [-0.4, -0.2) is 0 Å². The maximum atomic E-state index is 6.49. The number of benzene rings is 10. The molecule has 11 aromatic rings. The molecule has 1 heterocycles. The summed E-state index contributed by atoms with van der Waals surface area (Å²) in [7, 11) is 0. The van der Waals surface area contributed by atoms with Gasteiger partial charge in [0.1, 0.15) is 11.2 Å². The van der Waals surface area contributed by atoms with Crippen LogP contribution in [0.25, 0.3) is 88.0 Å². The standard InChI is InChI=1S/C56H37NO/c1-3-12-38(13-4-1)41-24-29-47(30-25-41)57(49-19-11-18-44(35-49)39-14-5-2-6-15-39)48-31-26-42(27-32-48)45-28-33-50-53(36-45)52(46-23-22-40-16-7-8-17-43(40)34-46)37-55-56(50)51-20-9-10-21-54(51)58-55/h1-37H. The minimum absolute atomic E-state index is 0.905. The molecule has 0 fully saturated rings. The number of hydrogen-bond donors (Lipinski definition) is 0. The van der Waals surface area contributed by atoms with E-state index in [4.69, 9.17) is 4.42 Å². The van der Waals surface area contributed by atoms with E-state index < -0.39 is 0 Å². The lowest BCUT2D eigenvalue weighted by molar-refractivity contribution is 0.669. The normalized spacial score (nSPS) is 11.4. The Balaban J connectivity index is 1.03. The molecule has 272 valence electrons. The van der Waals surface area contributed by atoms with Crippen molar-refractivity contribution in [1.29, 1.82) is 0 Å². The van der Waals surface area contributed by atoms with E-state index in [-0.39, 0.29) is 0 Å². The summed E-state index contributed by atoms with van der Waals surface area (Å²) in [5.74, 6) is 0. The Morgan fingerprint density at radius 1 is 0.276 bits per heavy atom. The van der Waals surface area contributed by atoms with Gasteiger partial charge in [-0.05, 0) is 127 Å². The molecule has 0 atom stereocenters. The molecule has 0 saturated heterocycles. The Bertz CT molecular complexity index is 3250. The van der Waals surface area contributed by atoms with Gasteiger partial charge in [-0.25, -0.2) is 0 Å². The van der Waals surface area contributed by atoms with E-state index in [0.29, 0.717) is 0 Å². The quantitative estimate of drug-likeness (QED) is 0.162. The van der Waals surface area contributed by atoms with E-state index in [2.05, 4.69) is 223 Å². The highest BCUT2D eigenvalue weighted by Crippen LogP contribution is 2.43. The van der Waals surface area contributed by atoms with Crippen LogP contribution in [0.4, 0.5) is 17.1 Å². The summed E-state index contributed by atoms with van der Waals surface area (Å²) in [6, 6.07) is 80.7. The van der Waals surface area contributed by atoms with Crippen molar-refractivity contribution in [3.05, 3.63) is 224 Å². The second kappa shape index (κ2) is 14.1. The van der Waals surface area contributed by atoms with Crippen LogP contribution in [-0.2, 0) is 0 Å². The van der Waals surface area contributed by atoms with Gasteiger partial charge in [-0.2, -0.15) is 0 Å². The second-order valence-electron chi connectivity index (χ2n) is 14.9. The molecule has 0 aliphatic carbocycles. The third-order valence-electron chi connectivity index (χ3n) is 11.4. The molecule has 0 spiro atoms. The van der Waals surface area contributed by atoms with Gasteiger partial charge in [-0.15, -0.1) is 0 Å². The van der Waals surface area contributed by atoms with Crippen LogP contribution in [0, 0.1) is 0 Å². The molecule has 0 bridgehead atoms. The summed E-state index contributed by atoms with van der Waals surface area (Å²) in [6.07, 6.45) is 0. The number of fused-ring (bicyclic) bond motifs is 6. The first-order valence-corrected chi connectivity index (χ1v) is 19.8. The summed E-state index contributed by atoms with van der Waals surface area (Å²) in [4.78, 5) is 2.35. The first-order valence-electron chi connectivity index (χ1n) is 19.8. The molecule has 0 amide bonds. The van der Waals surface area contributed by atoms with Gasteiger partial charge < -0.3 is 9.32 Å². The molecule has 1 aromatic heterocycles. The molecular formula is C56H37NO. The number of hydrogen-bond acceptors (Lipinski definition) is 2. The first-order chi connectivity index (χ1) is 28.7. The smallest absolute Gasteiger partial charge is 0.136 e.